The summed E-state index contributed by atoms with van der Waals surface area (Å²) in [6, 6.07) is 0. The average Bonchev–Trinajstić information content (AvgIpc) is 3.05. The van der Waals surface area contributed by atoms with Crippen LogP contribution in [0.25, 0.3) is 0 Å². The molecule has 1 aromatic heterocycles. The number of nitrogens with two attached hydrogens (primary N) is 1. The first-order chi connectivity index (χ1) is 12.6. The summed E-state index contributed by atoms with van der Waals surface area (Å²) in [6.45, 7) is 6.01. The lowest BCUT2D eigenvalue weighted by molar-refractivity contribution is 0.0139. The van der Waals surface area contributed by atoms with Gasteiger partial charge in [0.2, 0.25) is 0 Å². The van der Waals surface area contributed by atoms with Gasteiger partial charge in [0.25, 0.3) is 0 Å². The van der Waals surface area contributed by atoms with Crippen molar-refractivity contribution in [1.29, 1.82) is 0 Å². The Morgan fingerprint density at radius 1 is 1.00 bits per heavy atom. The second-order valence-electron chi connectivity index (χ2n) is 6.00. The summed E-state index contributed by atoms with van der Waals surface area (Å²) in [4.78, 5) is 2.11. The molecule has 11 heteroatoms. The molecule has 1 aliphatic heterocycles. The first kappa shape index (κ1) is 21.2. The van der Waals surface area contributed by atoms with Crippen LogP contribution in [-0.2, 0) is 37.1 Å². The Hall–Kier alpha value is -1.11. The van der Waals surface area contributed by atoms with E-state index in [0.29, 0.717) is 72.4 Å². The summed E-state index contributed by atoms with van der Waals surface area (Å²) in [5.74, 6) is 0.434. The third kappa shape index (κ3) is 8.06. The van der Waals surface area contributed by atoms with Gasteiger partial charge < -0.3 is 19.9 Å². The molecule has 26 heavy (non-hydrogen) atoms. The number of aromatic nitrogens is 3. The van der Waals surface area contributed by atoms with Crippen molar-refractivity contribution in [2.75, 3.05) is 70.8 Å². The normalized spacial score (nSPS) is 17.6. The number of rotatable bonds is 13. The third-order valence-electron chi connectivity index (χ3n) is 3.97. The molecule has 0 unspecified atom stereocenters. The van der Waals surface area contributed by atoms with Gasteiger partial charge in [-0.25, -0.2) is 13.1 Å². The van der Waals surface area contributed by atoms with Crippen LogP contribution in [0.4, 0.5) is 0 Å². The highest BCUT2D eigenvalue weighted by molar-refractivity contribution is 7.91. The van der Waals surface area contributed by atoms with E-state index in [2.05, 4.69) is 15.2 Å². The minimum Gasteiger partial charge on any atom is -0.378 e. The van der Waals surface area contributed by atoms with Crippen molar-refractivity contribution in [2.24, 2.45) is 5.73 Å². The second-order valence-corrected chi connectivity index (χ2v) is 8.31. The Morgan fingerprint density at radius 2 is 1.62 bits per heavy atom. The van der Waals surface area contributed by atoms with Crippen LogP contribution >= 0.6 is 0 Å². The maximum atomic E-state index is 11.5. The third-order valence-corrected chi connectivity index (χ3v) is 5.58. The van der Waals surface area contributed by atoms with Crippen molar-refractivity contribution >= 4 is 9.84 Å². The molecule has 0 radical (unpaired) electrons. The van der Waals surface area contributed by atoms with E-state index in [4.69, 9.17) is 19.9 Å². The SMILES string of the molecule is NCCOCCOCCOCCn1nncc1CN1CCS(=O)(=O)CC1. The molecule has 0 atom stereocenters. The van der Waals surface area contributed by atoms with E-state index >= 15 is 0 Å². The monoisotopic (exact) mass is 391 g/mol. The minimum atomic E-state index is -2.86. The van der Waals surface area contributed by atoms with Crippen LogP contribution in [0.2, 0.25) is 0 Å². The average molecular weight is 391 g/mol. The molecule has 2 rings (SSSR count). The molecular weight excluding hydrogens is 362 g/mol. The van der Waals surface area contributed by atoms with Gasteiger partial charge in [-0.05, 0) is 0 Å². The zero-order valence-corrected chi connectivity index (χ0v) is 15.9. The van der Waals surface area contributed by atoms with Crippen LogP contribution in [0.3, 0.4) is 0 Å². The quantitative estimate of drug-likeness (QED) is 0.401. The predicted octanol–water partition coefficient (Wildman–Crippen LogP) is -1.48. The van der Waals surface area contributed by atoms with Gasteiger partial charge in [0.15, 0.2) is 9.84 Å². The van der Waals surface area contributed by atoms with Crippen LogP contribution in [0.1, 0.15) is 5.69 Å². The van der Waals surface area contributed by atoms with E-state index in [1.54, 1.807) is 10.9 Å². The Kier molecular flexibility index (Phi) is 9.43. The van der Waals surface area contributed by atoms with E-state index in [0.717, 1.165) is 5.69 Å². The van der Waals surface area contributed by atoms with Gasteiger partial charge in [0.05, 0.1) is 69.6 Å². The molecule has 0 aromatic carbocycles. The molecule has 0 aliphatic carbocycles. The van der Waals surface area contributed by atoms with Crippen LogP contribution in [0, 0.1) is 0 Å². The van der Waals surface area contributed by atoms with Crippen LogP contribution < -0.4 is 5.73 Å². The lowest BCUT2D eigenvalue weighted by atomic mass is 10.4. The molecule has 150 valence electrons. The van der Waals surface area contributed by atoms with Crippen LogP contribution in [0.5, 0.6) is 0 Å². The summed E-state index contributed by atoms with van der Waals surface area (Å²) in [5.41, 5.74) is 6.27. The number of hydrogen-bond donors (Lipinski definition) is 1. The lowest BCUT2D eigenvalue weighted by Crippen LogP contribution is -2.40. The van der Waals surface area contributed by atoms with E-state index in [-0.39, 0.29) is 11.5 Å². The highest BCUT2D eigenvalue weighted by Crippen LogP contribution is 2.08. The van der Waals surface area contributed by atoms with Crippen molar-refractivity contribution in [3.63, 3.8) is 0 Å². The van der Waals surface area contributed by atoms with Crippen molar-refractivity contribution in [3.05, 3.63) is 11.9 Å². The number of sulfone groups is 1. The summed E-state index contributed by atoms with van der Waals surface area (Å²) in [7, 11) is -2.86. The van der Waals surface area contributed by atoms with E-state index in [1.165, 1.54) is 0 Å². The summed E-state index contributed by atoms with van der Waals surface area (Å²) in [6.07, 6.45) is 1.72. The lowest BCUT2D eigenvalue weighted by Gasteiger charge is -2.26. The van der Waals surface area contributed by atoms with Crippen LogP contribution in [-0.4, -0.2) is 99.1 Å². The number of hydrogen-bond acceptors (Lipinski definition) is 9. The standard InChI is InChI=1S/C15H29N5O5S/c16-1-5-23-7-9-25-10-8-24-6-2-20-15(13-17-18-20)14-19-3-11-26(21,22)12-4-19/h13H,1-12,14,16H2. The maximum Gasteiger partial charge on any atom is 0.152 e. The Morgan fingerprint density at radius 3 is 2.27 bits per heavy atom. The van der Waals surface area contributed by atoms with Crippen molar-refractivity contribution in [1.82, 2.24) is 19.9 Å². The molecule has 1 aromatic rings. The van der Waals surface area contributed by atoms with Gasteiger partial charge in [-0.1, -0.05) is 5.21 Å². The van der Waals surface area contributed by atoms with E-state index in [1.807, 2.05) is 0 Å². The van der Waals surface area contributed by atoms with E-state index in [9.17, 15) is 8.42 Å². The molecule has 1 saturated heterocycles. The molecular formula is C15H29N5O5S. The molecule has 10 nitrogen and oxygen atoms in total. The first-order valence-electron chi connectivity index (χ1n) is 8.84. The van der Waals surface area contributed by atoms with Crippen LogP contribution in [0.15, 0.2) is 6.20 Å². The molecule has 0 saturated carbocycles. The number of ether oxygens (including phenoxy) is 3. The molecule has 0 amide bonds. The van der Waals surface area contributed by atoms with Gasteiger partial charge in [0, 0.05) is 26.2 Å². The summed E-state index contributed by atoms with van der Waals surface area (Å²) in [5, 5.41) is 8.01. The second kappa shape index (κ2) is 11.6. The molecule has 0 spiro atoms. The molecule has 1 fully saturated rings. The van der Waals surface area contributed by atoms with E-state index < -0.39 is 9.84 Å². The van der Waals surface area contributed by atoms with Crippen molar-refractivity contribution in [2.45, 2.75) is 13.1 Å². The molecule has 1 aliphatic rings. The Bertz CT molecular complexity index is 595. The molecule has 0 bridgehead atoms. The Labute approximate surface area is 154 Å². The zero-order chi connectivity index (χ0) is 18.7. The fourth-order valence-corrected chi connectivity index (χ4v) is 3.78. The van der Waals surface area contributed by atoms with Gasteiger partial charge in [-0.15, -0.1) is 5.10 Å². The maximum absolute atomic E-state index is 11.5. The highest BCUT2D eigenvalue weighted by atomic mass is 32.2. The van der Waals surface area contributed by atoms with Crippen molar-refractivity contribution < 1.29 is 22.6 Å². The predicted molar refractivity (Wildman–Crippen MR) is 95.5 cm³/mol. The zero-order valence-electron chi connectivity index (χ0n) is 15.1. The Balaban J connectivity index is 1.56. The fraction of sp³-hybridized carbons (Fsp3) is 0.867. The smallest absolute Gasteiger partial charge is 0.152 e. The van der Waals surface area contributed by atoms with Gasteiger partial charge in [-0.3, -0.25) is 4.90 Å². The fourth-order valence-electron chi connectivity index (χ4n) is 2.50. The molecule has 2 N–H and O–H groups in total. The van der Waals surface area contributed by atoms with Crippen molar-refractivity contribution in [3.8, 4) is 0 Å². The first-order valence-corrected chi connectivity index (χ1v) is 10.7. The molecule has 2 heterocycles. The highest BCUT2D eigenvalue weighted by Gasteiger charge is 2.22. The van der Waals surface area contributed by atoms with Gasteiger partial charge in [0.1, 0.15) is 0 Å². The number of nitrogens with zero attached hydrogens (tertiary/aromatic N) is 4. The minimum absolute atomic E-state index is 0.217. The van der Waals surface area contributed by atoms with Gasteiger partial charge >= 0.3 is 0 Å². The summed E-state index contributed by atoms with van der Waals surface area (Å²) >= 11 is 0. The topological polar surface area (TPSA) is 122 Å². The largest absolute Gasteiger partial charge is 0.378 e. The summed E-state index contributed by atoms with van der Waals surface area (Å²) < 4.78 is 40.9. The van der Waals surface area contributed by atoms with Gasteiger partial charge in [-0.2, -0.15) is 0 Å².